The van der Waals surface area contributed by atoms with Crippen LogP contribution in [0.15, 0.2) is 60.1 Å². The number of para-hydroxylation sites is 1. The van der Waals surface area contributed by atoms with Gasteiger partial charge in [0, 0.05) is 26.9 Å². The Hall–Kier alpha value is -3.03. The molecule has 2 aromatic carbocycles. The molecule has 1 unspecified atom stereocenters. The van der Waals surface area contributed by atoms with Crippen molar-refractivity contribution in [1.29, 1.82) is 0 Å². The van der Waals surface area contributed by atoms with Crippen molar-refractivity contribution in [3.8, 4) is 5.75 Å². The molecular formula is C21H18Cl2N4O3. The number of methoxy groups -OCH3 is 1. The fourth-order valence-electron chi connectivity index (χ4n) is 3.38. The molecule has 1 N–H and O–H groups in total. The van der Waals surface area contributed by atoms with Gasteiger partial charge in [0.15, 0.2) is 0 Å². The van der Waals surface area contributed by atoms with Crippen LogP contribution in [-0.4, -0.2) is 27.8 Å². The van der Waals surface area contributed by atoms with E-state index in [1.165, 1.54) is 13.4 Å². The van der Waals surface area contributed by atoms with Crippen LogP contribution >= 0.6 is 23.2 Å². The van der Waals surface area contributed by atoms with Crippen LogP contribution in [0.5, 0.6) is 5.75 Å². The van der Waals surface area contributed by atoms with Crippen LogP contribution in [0.3, 0.4) is 0 Å². The summed E-state index contributed by atoms with van der Waals surface area (Å²) >= 11 is 12.3. The number of nitrogens with one attached hydrogen (secondary N) is 1. The normalized spacial score (nSPS) is 15.4. The van der Waals surface area contributed by atoms with E-state index in [0.29, 0.717) is 33.0 Å². The second-order valence-corrected chi connectivity index (χ2v) is 7.49. The minimum atomic E-state index is -0.562. The molecule has 1 atom stereocenters. The maximum Gasteiger partial charge on any atom is 0.338 e. The first kappa shape index (κ1) is 20.3. The van der Waals surface area contributed by atoms with E-state index in [1.54, 1.807) is 23.7 Å². The Balaban J connectivity index is 1.74. The van der Waals surface area contributed by atoms with Gasteiger partial charge in [-0.05, 0) is 25.1 Å². The number of halogens is 2. The van der Waals surface area contributed by atoms with E-state index in [0.717, 1.165) is 11.1 Å². The van der Waals surface area contributed by atoms with Crippen molar-refractivity contribution in [2.75, 3.05) is 12.4 Å². The average Bonchev–Trinajstić information content (AvgIpc) is 3.20. The molecule has 154 valence electrons. The van der Waals surface area contributed by atoms with Crippen LogP contribution < -0.4 is 10.1 Å². The molecule has 0 aliphatic carbocycles. The summed E-state index contributed by atoms with van der Waals surface area (Å²) in [6.07, 6.45) is 1.43. The van der Waals surface area contributed by atoms with E-state index in [4.69, 9.17) is 32.7 Å². The Morgan fingerprint density at radius 3 is 2.80 bits per heavy atom. The number of ether oxygens (including phenoxy) is 2. The Kier molecular flexibility index (Phi) is 5.65. The second kappa shape index (κ2) is 8.38. The molecule has 0 spiro atoms. The van der Waals surface area contributed by atoms with E-state index < -0.39 is 12.0 Å². The van der Waals surface area contributed by atoms with Crippen molar-refractivity contribution in [2.24, 2.45) is 0 Å². The maximum absolute atomic E-state index is 12.6. The van der Waals surface area contributed by atoms with Gasteiger partial charge in [0.05, 0.1) is 12.7 Å². The highest BCUT2D eigenvalue weighted by atomic mass is 35.5. The quantitative estimate of drug-likeness (QED) is 0.578. The lowest BCUT2D eigenvalue weighted by Crippen LogP contribution is -2.29. The molecule has 3 aromatic rings. The lowest BCUT2D eigenvalue weighted by molar-refractivity contribution is -0.136. The molecule has 1 aliphatic rings. The van der Waals surface area contributed by atoms with E-state index in [-0.39, 0.29) is 6.61 Å². The van der Waals surface area contributed by atoms with Gasteiger partial charge in [0.1, 0.15) is 24.7 Å². The van der Waals surface area contributed by atoms with E-state index in [1.807, 2.05) is 30.3 Å². The van der Waals surface area contributed by atoms with Gasteiger partial charge in [0.25, 0.3) is 0 Å². The summed E-state index contributed by atoms with van der Waals surface area (Å²) in [6.45, 7) is 2.03. The molecular weight excluding hydrogens is 427 g/mol. The van der Waals surface area contributed by atoms with Gasteiger partial charge in [-0.25, -0.2) is 9.48 Å². The average molecular weight is 445 g/mol. The minimum Gasteiger partial charge on any atom is -0.488 e. The van der Waals surface area contributed by atoms with Gasteiger partial charge >= 0.3 is 5.97 Å². The molecule has 0 bridgehead atoms. The topological polar surface area (TPSA) is 78.3 Å². The molecule has 7 nitrogen and oxygen atoms in total. The molecule has 1 aliphatic heterocycles. The molecule has 9 heteroatoms. The summed E-state index contributed by atoms with van der Waals surface area (Å²) in [5.41, 5.74) is 2.61. The summed E-state index contributed by atoms with van der Waals surface area (Å²) in [7, 11) is 1.35. The lowest BCUT2D eigenvalue weighted by Gasteiger charge is -2.29. The lowest BCUT2D eigenvalue weighted by atomic mass is 9.95. The van der Waals surface area contributed by atoms with E-state index in [9.17, 15) is 4.79 Å². The number of fused-ring (bicyclic) bond motifs is 1. The predicted octanol–water partition coefficient (Wildman–Crippen LogP) is 4.63. The van der Waals surface area contributed by atoms with Crippen LogP contribution in [0.2, 0.25) is 10.0 Å². The van der Waals surface area contributed by atoms with Gasteiger partial charge in [-0.1, -0.05) is 47.5 Å². The number of hydrogen-bond acceptors (Lipinski definition) is 6. The zero-order chi connectivity index (χ0) is 21.3. The number of hydrogen-bond donors (Lipinski definition) is 1. The summed E-state index contributed by atoms with van der Waals surface area (Å²) in [5.74, 6) is 0.661. The highest BCUT2D eigenvalue weighted by molar-refractivity contribution is 6.35. The third-order valence-electron chi connectivity index (χ3n) is 4.81. The standard InChI is InChI=1S/C21H18Cl2N4O3/c1-12-18(20(28)29-2)19(27-21(26-12)24-11-25-27)15-5-3-4-6-17(15)30-10-13-7-8-14(22)9-16(13)23/h3-9,11,19H,10H2,1-2H3,(H,24,25,26). The summed E-state index contributed by atoms with van der Waals surface area (Å²) in [4.78, 5) is 16.8. The number of aromatic nitrogens is 3. The number of allylic oxidation sites excluding steroid dienone is 1. The van der Waals surface area contributed by atoms with Gasteiger partial charge in [0.2, 0.25) is 5.95 Å². The monoisotopic (exact) mass is 444 g/mol. The van der Waals surface area contributed by atoms with Crippen molar-refractivity contribution in [2.45, 2.75) is 19.6 Å². The molecule has 0 amide bonds. The fraction of sp³-hybridized carbons (Fsp3) is 0.190. The Labute approximate surface area is 183 Å². The van der Waals surface area contributed by atoms with Crippen molar-refractivity contribution in [1.82, 2.24) is 14.8 Å². The number of carbonyl (C=O) groups is 1. The molecule has 0 saturated carbocycles. The highest BCUT2D eigenvalue weighted by Crippen LogP contribution is 2.39. The number of rotatable bonds is 5. The summed E-state index contributed by atoms with van der Waals surface area (Å²) in [5, 5.41) is 8.48. The van der Waals surface area contributed by atoms with Gasteiger partial charge in [-0.15, -0.1) is 0 Å². The zero-order valence-corrected chi connectivity index (χ0v) is 17.7. The van der Waals surface area contributed by atoms with Crippen molar-refractivity contribution in [3.63, 3.8) is 0 Å². The van der Waals surface area contributed by atoms with Crippen LogP contribution in [0.1, 0.15) is 24.1 Å². The minimum absolute atomic E-state index is 0.235. The Bertz CT molecular complexity index is 1140. The Morgan fingerprint density at radius 2 is 2.03 bits per heavy atom. The van der Waals surface area contributed by atoms with E-state index in [2.05, 4.69) is 15.4 Å². The van der Waals surface area contributed by atoms with Crippen molar-refractivity contribution >= 4 is 35.1 Å². The fourth-order valence-corrected chi connectivity index (χ4v) is 3.85. The van der Waals surface area contributed by atoms with Crippen LogP contribution in [0.4, 0.5) is 5.95 Å². The summed E-state index contributed by atoms with van der Waals surface area (Å²) in [6, 6.07) is 12.1. The number of benzene rings is 2. The van der Waals surface area contributed by atoms with Gasteiger partial charge in [-0.3, -0.25) is 0 Å². The summed E-state index contributed by atoms with van der Waals surface area (Å²) < 4.78 is 12.8. The first-order valence-electron chi connectivity index (χ1n) is 9.11. The number of nitrogens with zero attached hydrogens (tertiary/aromatic N) is 3. The third-order valence-corrected chi connectivity index (χ3v) is 5.40. The number of carbonyl (C=O) groups excluding carboxylic acids is 1. The molecule has 4 rings (SSSR count). The van der Waals surface area contributed by atoms with Crippen molar-refractivity contribution in [3.05, 3.63) is 81.2 Å². The molecule has 0 saturated heterocycles. The number of anilines is 1. The number of esters is 1. The molecule has 30 heavy (non-hydrogen) atoms. The molecule has 0 fully saturated rings. The van der Waals surface area contributed by atoms with Crippen LogP contribution in [-0.2, 0) is 16.1 Å². The SMILES string of the molecule is COC(=O)C1=C(C)Nc2ncnn2C1c1ccccc1OCc1ccc(Cl)cc1Cl. The van der Waals surface area contributed by atoms with Crippen LogP contribution in [0, 0.1) is 0 Å². The second-order valence-electron chi connectivity index (χ2n) is 6.65. The molecule has 2 heterocycles. The molecule has 0 radical (unpaired) electrons. The highest BCUT2D eigenvalue weighted by Gasteiger charge is 2.35. The first-order valence-corrected chi connectivity index (χ1v) is 9.86. The maximum atomic E-state index is 12.6. The first-order chi connectivity index (χ1) is 14.5. The van der Waals surface area contributed by atoms with Gasteiger partial charge < -0.3 is 14.8 Å². The zero-order valence-electron chi connectivity index (χ0n) is 16.2. The van der Waals surface area contributed by atoms with Gasteiger partial charge in [-0.2, -0.15) is 10.1 Å². The predicted molar refractivity (Wildman–Crippen MR) is 114 cm³/mol. The largest absolute Gasteiger partial charge is 0.488 e. The smallest absolute Gasteiger partial charge is 0.338 e. The van der Waals surface area contributed by atoms with E-state index >= 15 is 0 Å². The Morgan fingerprint density at radius 1 is 1.23 bits per heavy atom. The van der Waals surface area contributed by atoms with Crippen molar-refractivity contribution < 1.29 is 14.3 Å². The third kappa shape index (κ3) is 3.74. The van der Waals surface area contributed by atoms with Crippen LogP contribution in [0.25, 0.3) is 0 Å². The molecule has 1 aromatic heterocycles.